The molecule has 2 aliphatic rings. The molecule has 0 aromatic heterocycles. The van der Waals surface area contributed by atoms with Crippen LogP contribution in [0, 0.1) is 35.5 Å². The first kappa shape index (κ1) is 43.5. The molecule has 0 aliphatic heterocycles. The lowest BCUT2D eigenvalue weighted by molar-refractivity contribution is -0.153. The lowest BCUT2D eigenvalue weighted by Crippen LogP contribution is -2.23. The molecular formula is C46H67O5+. The van der Waals surface area contributed by atoms with E-state index in [1.165, 1.54) is 47.2 Å². The summed E-state index contributed by atoms with van der Waals surface area (Å²) in [6.45, 7) is 16.1. The molecule has 0 heterocycles. The van der Waals surface area contributed by atoms with Gasteiger partial charge in [-0.15, -0.1) is 0 Å². The zero-order valence-corrected chi connectivity index (χ0v) is 32.6. The summed E-state index contributed by atoms with van der Waals surface area (Å²) < 4.78 is 5.30. The van der Waals surface area contributed by atoms with E-state index in [1.807, 2.05) is 13.8 Å². The number of ether oxygens (including phenoxy) is 1. The molecule has 0 amide bonds. The number of benzene rings is 4. The molecule has 6 rings (SSSR count). The van der Waals surface area contributed by atoms with Crippen molar-refractivity contribution in [1.29, 1.82) is 0 Å². The second kappa shape index (κ2) is 23.7. The third kappa shape index (κ3) is 18.4. The average molecular weight is 700 g/mol. The quantitative estimate of drug-likeness (QED) is 0.164. The minimum absolute atomic E-state index is 0. The minimum Gasteiger partial charge on any atom is -0.481 e. The highest BCUT2D eigenvalue weighted by Crippen LogP contribution is 2.32. The van der Waals surface area contributed by atoms with E-state index in [-0.39, 0.29) is 31.4 Å². The lowest BCUT2D eigenvalue weighted by Gasteiger charge is -2.18. The Balaban J connectivity index is 0.000000336. The van der Waals surface area contributed by atoms with E-state index >= 15 is 0 Å². The van der Waals surface area contributed by atoms with E-state index in [1.54, 1.807) is 13.8 Å². The highest BCUT2D eigenvalue weighted by atomic mass is 16.5. The molecule has 2 aliphatic carbocycles. The van der Waals surface area contributed by atoms with E-state index in [4.69, 9.17) is 14.9 Å². The van der Waals surface area contributed by atoms with E-state index < -0.39 is 5.97 Å². The zero-order chi connectivity index (χ0) is 37.8. The normalized spacial score (nSPS) is 23.0. The summed E-state index contributed by atoms with van der Waals surface area (Å²) in [5, 5.41) is 22.2. The number of carbonyl (C=O) groups is 2. The number of carboxylic acids is 1. The summed E-state index contributed by atoms with van der Waals surface area (Å²) in [4.78, 5) is 22.6. The molecule has 0 radical (unpaired) electrons. The molecule has 51 heavy (non-hydrogen) atoms. The van der Waals surface area contributed by atoms with Gasteiger partial charge < -0.3 is 14.9 Å². The number of hydrogen-bond donors (Lipinski definition) is 2. The van der Waals surface area contributed by atoms with Gasteiger partial charge in [-0.2, -0.15) is 0 Å². The standard InChI is InChI=1S/C13H24O2.C10H18O2.2C10H8.C3H8O/c1-9(2)15-13(14)12-7-10(3)5-6-11(4)8-12;1-7-3-4-8(2)6-9(5-7)10(11)12;2*1-2-6-10-8-4-3-7-9(10)5-1;1-3(2)4/h9-12H,5-8H2,1-4H3;7-9H,3-6H2,1-2H3,(H,11,12);2*1-8H;3-4H,1-2H3/p+1. The third-order valence-electron chi connectivity index (χ3n) is 9.40. The van der Waals surface area contributed by atoms with E-state index in [0.29, 0.717) is 23.7 Å². The number of aliphatic hydroxyl groups is 1. The average Bonchev–Trinajstić information content (AvgIpc) is 3.38. The van der Waals surface area contributed by atoms with Crippen LogP contribution in [-0.2, 0) is 14.3 Å². The molecule has 0 saturated heterocycles. The van der Waals surface area contributed by atoms with Gasteiger partial charge in [-0.3, -0.25) is 9.59 Å². The number of hydrogen-bond acceptors (Lipinski definition) is 4. The van der Waals surface area contributed by atoms with Crippen LogP contribution in [0.25, 0.3) is 21.5 Å². The van der Waals surface area contributed by atoms with Crippen molar-refractivity contribution in [2.75, 3.05) is 0 Å². The Hall–Kier alpha value is -3.70. The monoisotopic (exact) mass is 699 g/mol. The van der Waals surface area contributed by atoms with Gasteiger partial charge in [0.2, 0.25) is 0 Å². The second-order valence-corrected chi connectivity index (χ2v) is 15.5. The van der Waals surface area contributed by atoms with Gasteiger partial charge in [-0.25, -0.2) is 0 Å². The smallest absolute Gasteiger partial charge is 0.481 e. The van der Waals surface area contributed by atoms with Gasteiger partial charge in [0, 0.05) is 6.10 Å². The van der Waals surface area contributed by atoms with Crippen LogP contribution < -0.4 is 0 Å². The van der Waals surface area contributed by atoms with E-state index in [2.05, 4.69) is 125 Å². The van der Waals surface area contributed by atoms with Gasteiger partial charge in [0.1, 0.15) is 0 Å². The highest BCUT2D eigenvalue weighted by Gasteiger charge is 2.28. The molecule has 2 saturated carbocycles. The molecule has 4 aromatic rings. The van der Waals surface area contributed by atoms with Gasteiger partial charge in [0.05, 0.1) is 17.9 Å². The molecular weight excluding hydrogens is 633 g/mol. The summed E-state index contributed by atoms with van der Waals surface area (Å²) >= 11 is 0. The second-order valence-electron chi connectivity index (χ2n) is 15.5. The van der Waals surface area contributed by atoms with Crippen molar-refractivity contribution in [3.05, 3.63) is 97.1 Å². The first-order valence-electron chi connectivity index (χ1n) is 19.2. The van der Waals surface area contributed by atoms with Crippen LogP contribution in [0.5, 0.6) is 0 Å². The van der Waals surface area contributed by atoms with Crippen LogP contribution in [0.2, 0.25) is 0 Å². The molecule has 4 aromatic carbocycles. The van der Waals surface area contributed by atoms with Crippen molar-refractivity contribution in [3.8, 4) is 0 Å². The largest absolute Gasteiger partial charge is 1.00 e. The summed E-state index contributed by atoms with van der Waals surface area (Å²) in [6, 6.07) is 33.4. The number of fused-ring (bicyclic) bond motifs is 2. The van der Waals surface area contributed by atoms with Gasteiger partial charge in [-0.05, 0) is 98.6 Å². The number of rotatable bonds is 3. The minimum atomic E-state index is -0.601. The van der Waals surface area contributed by atoms with Crippen LogP contribution in [0.4, 0.5) is 0 Å². The molecule has 2 fully saturated rings. The number of carbonyl (C=O) groups excluding carboxylic acids is 1. The van der Waals surface area contributed by atoms with Crippen LogP contribution in [0.15, 0.2) is 97.1 Å². The molecule has 2 N–H and O–H groups in total. The maximum Gasteiger partial charge on any atom is 1.00 e. The fourth-order valence-electron chi connectivity index (χ4n) is 6.73. The summed E-state index contributed by atoms with van der Waals surface area (Å²) in [6.07, 6.45) is 8.53. The molecule has 0 bridgehead atoms. The van der Waals surface area contributed by atoms with Crippen molar-refractivity contribution < 1.29 is 26.0 Å². The molecule has 5 heteroatoms. The Bertz CT molecular complexity index is 1320. The summed E-state index contributed by atoms with van der Waals surface area (Å²) in [5.74, 6) is 1.99. The number of aliphatic hydroxyl groups excluding tert-OH is 1. The Kier molecular flexibility index (Phi) is 20.2. The summed E-state index contributed by atoms with van der Waals surface area (Å²) in [7, 11) is 0. The SMILES string of the molecule is CC(C)O.CC1CCC(C)CC(C(=O)O)C1.CC1CCC(C)CC(C(=O)OC(C)C)C1.[H+].c1ccc2ccccc2c1.c1ccc2ccccc2c1. The Morgan fingerprint density at radius 1 is 0.549 bits per heavy atom. The highest BCUT2D eigenvalue weighted by molar-refractivity contribution is 5.82. The van der Waals surface area contributed by atoms with Crippen LogP contribution in [0.3, 0.4) is 0 Å². The predicted molar refractivity (Wildman–Crippen MR) is 216 cm³/mol. The first-order valence-corrected chi connectivity index (χ1v) is 19.2. The zero-order valence-electron chi connectivity index (χ0n) is 33.6. The van der Waals surface area contributed by atoms with Gasteiger partial charge in [-0.1, -0.05) is 150 Å². The molecule has 4 unspecified atom stereocenters. The maximum absolute atomic E-state index is 11.8. The maximum atomic E-state index is 11.8. The number of aliphatic carboxylic acids is 1. The van der Waals surface area contributed by atoms with Crippen molar-refractivity contribution in [2.24, 2.45) is 35.5 Å². The van der Waals surface area contributed by atoms with Crippen molar-refractivity contribution in [1.82, 2.24) is 0 Å². The fourth-order valence-corrected chi connectivity index (χ4v) is 6.73. The molecule has 4 atom stereocenters. The fraction of sp³-hybridized carbons (Fsp3) is 0.522. The van der Waals surface area contributed by atoms with Crippen molar-refractivity contribution >= 4 is 33.5 Å². The van der Waals surface area contributed by atoms with Gasteiger partial charge >= 0.3 is 13.4 Å². The Morgan fingerprint density at radius 2 is 0.784 bits per heavy atom. The Morgan fingerprint density at radius 3 is 1.00 bits per heavy atom. The molecule has 5 nitrogen and oxygen atoms in total. The first-order chi connectivity index (χ1) is 24.2. The predicted octanol–water partition coefficient (Wildman–Crippen LogP) is 12.1. The van der Waals surface area contributed by atoms with E-state index in [0.717, 1.165) is 25.7 Å². The van der Waals surface area contributed by atoms with E-state index in [9.17, 15) is 9.59 Å². The summed E-state index contributed by atoms with van der Waals surface area (Å²) in [5.41, 5.74) is 0. The topological polar surface area (TPSA) is 83.8 Å². The Labute approximate surface area is 310 Å². The third-order valence-corrected chi connectivity index (χ3v) is 9.40. The van der Waals surface area contributed by atoms with Gasteiger partial charge in [0.25, 0.3) is 0 Å². The number of carboxylic acid groups (broad SMARTS) is 1. The molecule has 280 valence electrons. The van der Waals surface area contributed by atoms with Crippen molar-refractivity contribution in [2.45, 2.75) is 119 Å². The van der Waals surface area contributed by atoms with Crippen molar-refractivity contribution in [3.63, 3.8) is 0 Å². The molecule has 0 spiro atoms. The van der Waals surface area contributed by atoms with Crippen LogP contribution >= 0.6 is 0 Å². The lowest BCUT2D eigenvalue weighted by atomic mass is 9.93. The van der Waals surface area contributed by atoms with Gasteiger partial charge in [0.15, 0.2) is 0 Å². The van der Waals surface area contributed by atoms with Crippen LogP contribution in [-0.4, -0.2) is 34.4 Å². The van der Waals surface area contributed by atoms with Crippen LogP contribution in [0.1, 0.15) is 108 Å². The number of esters is 1.